The molecule has 3 aromatic rings. The largest absolute Gasteiger partial charge is 0.489 e. The van der Waals surface area contributed by atoms with Crippen molar-refractivity contribution in [3.63, 3.8) is 0 Å². The van der Waals surface area contributed by atoms with Crippen molar-refractivity contribution in [3.05, 3.63) is 100 Å². The van der Waals surface area contributed by atoms with Crippen molar-refractivity contribution in [1.82, 2.24) is 4.90 Å². The minimum Gasteiger partial charge on any atom is -0.489 e. The Morgan fingerprint density at radius 1 is 0.971 bits per heavy atom. The van der Waals surface area contributed by atoms with Gasteiger partial charge in [-0.3, -0.25) is 4.90 Å². The molecule has 1 N–H and O–H groups in total. The SMILES string of the molecule is Cc1cc(OC/C=C(/c2ccc(Cl)cc2)c2ccc(CN3CCCC3)cc2)ccc1OCC(=O)O. The first-order chi connectivity index (χ1) is 17.0. The Labute approximate surface area is 211 Å². The van der Waals surface area contributed by atoms with Crippen molar-refractivity contribution in [2.75, 3.05) is 26.3 Å². The summed E-state index contributed by atoms with van der Waals surface area (Å²) >= 11 is 6.12. The van der Waals surface area contributed by atoms with Crippen LogP contribution in [0.5, 0.6) is 11.5 Å². The highest BCUT2D eigenvalue weighted by atomic mass is 35.5. The van der Waals surface area contributed by atoms with Gasteiger partial charge in [-0.25, -0.2) is 4.79 Å². The first-order valence-corrected chi connectivity index (χ1v) is 12.2. The number of aryl methyl sites for hydroxylation is 1. The second kappa shape index (κ2) is 11.9. The van der Waals surface area contributed by atoms with Gasteiger partial charge in [-0.2, -0.15) is 0 Å². The zero-order valence-electron chi connectivity index (χ0n) is 19.9. The number of hydrogen-bond donors (Lipinski definition) is 1. The second-order valence-corrected chi connectivity index (χ2v) is 9.16. The number of rotatable bonds is 10. The van der Waals surface area contributed by atoms with Crippen LogP contribution in [0.3, 0.4) is 0 Å². The molecule has 0 radical (unpaired) electrons. The van der Waals surface area contributed by atoms with Crippen molar-refractivity contribution < 1.29 is 19.4 Å². The number of likely N-dealkylation sites (tertiary alicyclic amines) is 1. The minimum absolute atomic E-state index is 0.370. The number of ether oxygens (including phenoxy) is 2. The number of benzene rings is 3. The van der Waals surface area contributed by atoms with Crippen LogP contribution in [0.4, 0.5) is 0 Å². The number of nitrogens with zero attached hydrogens (tertiary/aromatic N) is 1. The van der Waals surface area contributed by atoms with E-state index in [-0.39, 0.29) is 6.61 Å². The van der Waals surface area contributed by atoms with Gasteiger partial charge in [0, 0.05) is 11.6 Å². The summed E-state index contributed by atoms with van der Waals surface area (Å²) in [5.41, 5.74) is 5.41. The summed E-state index contributed by atoms with van der Waals surface area (Å²) in [4.78, 5) is 13.2. The molecular formula is C29H30ClNO4. The average molecular weight is 492 g/mol. The van der Waals surface area contributed by atoms with Gasteiger partial charge in [-0.1, -0.05) is 48.0 Å². The Morgan fingerprint density at radius 2 is 1.63 bits per heavy atom. The van der Waals surface area contributed by atoms with E-state index in [9.17, 15) is 4.79 Å². The summed E-state index contributed by atoms with van der Waals surface area (Å²) in [6.45, 7) is 5.23. The molecule has 0 aromatic heterocycles. The predicted octanol–water partition coefficient (Wildman–Crippen LogP) is 6.22. The first kappa shape index (κ1) is 24.8. The zero-order chi connectivity index (χ0) is 24.6. The lowest BCUT2D eigenvalue weighted by Gasteiger charge is -2.15. The molecule has 4 rings (SSSR count). The topological polar surface area (TPSA) is 59.0 Å². The van der Waals surface area contributed by atoms with Gasteiger partial charge in [0.2, 0.25) is 0 Å². The van der Waals surface area contributed by atoms with E-state index in [0.717, 1.165) is 28.8 Å². The van der Waals surface area contributed by atoms with Crippen molar-refractivity contribution in [2.24, 2.45) is 0 Å². The van der Waals surface area contributed by atoms with E-state index in [1.54, 1.807) is 12.1 Å². The molecule has 1 saturated heterocycles. The maximum absolute atomic E-state index is 10.7. The Balaban J connectivity index is 1.49. The van der Waals surface area contributed by atoms with Crippen LogP contribution in [0.15, 0.2) is 72.8 Å². The van der Waals surface area contributed by atoms with Crippen LogP contribution < -0.4 is 9.47 Å². The molecule has 0 aliphatic carbocycles. The maximum atomic E-state index is 10.7. The predicted molar refractivity (Wildman–Crippen MR) is 139 cm³/mol. The minimum atomic E-state index is -1.01. The highest BCUT2D eigenvalue weighted by molar-refractivity contribution is 6.30. The van der Waals surface area contributed by atoms with Gasteiger partial charge in [0.1, 0.15) is 18.1 Å². The van der Waals surface area contributed by atoms with Crippen LogP contribution in [0.25, 0.3) is 5.57 Å². The number of carboxylic acids is 1. The van der Waals surface area contributed by atoms with Gasteiger partial charge < -0.3 is 14.6 Å². The lowest BCUT2D eigenvalue weighted by Crippen LogP contribution is -2.18. The Bertz CT molecular complexity index is 1170. The van der Waals surface area contributed by atoms with Gasteiger partial charge in [0.25, 0.3) is 0 Å². The van der Waals surface area contributed by atoms with E-state index in [1.807, 2.05) is 37.3 Å². The van der Waals surface area contributed by atoms with E-state index < -0.39 is 5.97 Å². The summed E-state index contributed by atoms with van der Waals surface area (Å²) < 4.78 is 11.3. The fourth-order valence-electron chi connectivity index (χ4n) is 4.25. The van der Waals surface area contributed by atoms with Gasteiger partial charge in [0.05, 0.1) is 0 Å². The molecule has 35 heavy (non-hydrogen) atoms. The summed E-state index contributed by atoms with van der Waals surface area (Å²) in [5, 5.41) is 9.50. The van der Waals surface area contributed by atoms with Crippen molar-refractivity contribution in [2.45, 2.75) is 26.3 Å². The fourth-order valence-corrected chi connectivity index (χ4v) is 4.38. The Kier molecular flexibility index (Phi) is 8.45. The van der Waals surface area contributed by atoms with Crippen LogP contribution in [-0.4, -0.2) is 42.3 Å². The standard InChI is InChI=1S/C29H30ClNO4/c1-21-18-26(12-13-28(21)35-20-29(32)33)34-17-14-27(24-8-10-25(30)11-9-24)23-6-4-22(5-7-23)19-31-15-2-3-16-31/h4-14,18H,2-3,15-17,19-20H2,1H3,(H,32,33)/b27-14+. The van der Waals surface area contributed by atoms with Crippen molar-refractivity contribution in [1.29, 1.82) is 0 Å². The highest BCUT2D eigenvalue weighted by Gasteiger charge is 2.12. The van der Waals surface area contributed by atoms with E-state index in [0.29, 0.717) is 23.1 Å². The fraction of sp³-hybridized carbons (Fsp3) is 0.276. The normalized spacial score (nSPS) is 14.2. The molecule has 1 aliphatic heterocycles. The molecule has 1 fully saturated rings. The molecule has 1 aliphatic rings. The number of carbonyl (C=O) groups is 1. The van der Waals surface area contributed by atoms with Crippen LogP contribution in [0.1, 0.15) is 35.1 Å². The molecule has 0 atom stereocenters. The summed E-state index contributed by atoms with van der Waals surface area (Å²) in [6.07, 6.45) is 4.65. The quantitative estimate of drug-likeness (QED) is 0.365. The van der Waals surface area contributed by atoms with Crippen LogP contribution in [0, 0.1) is 6.92 Å². The highest BCUT2D eigenvalue weighted by Crippen LogP contribution is 2.27. The Morgan fingerprint density at radius 3 is 2.26 bits per heavy atom. The molecule has 6 heteroatoms. The molecule has 0 amide bonds. The van der Waals surface area contributed by atoms with E-state index >= 15 is 0 Å². The van der Waals surface area contributed by atoms with Gasteiger partial charge in [-0.15, -0.1) is 0 Å². The molecule has 182 valence electrons. The monoisotopic (exact) mass is 491 g/mol. The molecular weight excluding hydrogens is 462 g/mol. The van der Waals surface area contributed by atoms with E-state index in [1.165, 1.54) is 31.5 Å². The zero-order valence-corrected chi connectivity index (χ0v) is 20.6. The summed E-state index contributed by atoms with van der Waals surface area (Å²) in [5.74, 6) is 0.220. The molecule has 3 aromatic carbocycles. The van der Waals surface area contributed by atoms with Crippen LogP contribution in [0.2, 0.25) is 5.02 Å². The third-order valence-electron chi connectivity index (χ3n) is 6.06. The van der Waals surface area contributed by atoms with Gasteiger partial charge >= 0.3 is 5.97 Å². The molecule has 0 saturated carbocycles. The molecule has 1 heterocycles. The lowest BCUT2D eigenvalue weighted by molar-refractivity contribution is -0.139. The summed E-state index contributed by atoms with van der Waals surface area (Å²) in [7, 11) is 0. The number of hydrogen-bond acceptors (Lipinski definition) is 4. The van der Waals surface area contributed by atoms with E-state index in [4.69, 9.17) is 26.2 Å². The molecule has 5 nitrogen and oxygen atoms in total. The van der Waals surface area contributed by atoms with Crippen LogP contribution >= 0.6 is 11.6 Å². The lowest BCUT2D eigenvalue weighted by atomic mass is 9.96. The number of halogens is 1. The average Bonchev–Trinajstić information content (AvgIpc) is 3.36. The van der Waals surface area contributed by atoms with Gasteiger partial charge in [-0.05, 0) is 97.1 Å². The molecule has 0 bridgehead atoms. The van der Waals surface area contributed by atoms with Crippen molar-refractivity contribution in [3.8, 4) is 11.5 Å². The number of aliphatic carboxylic acids is 1. The number of carboxylic acid groups (broad SMARTS) is 1. The summed E-state index contributed by atoms with van der Waals surface area (Å²) in [6, 6.07) is 21.9. The van der Waals surface area contributed by atoms with Gasteiger partial charge in [0.15, 0.2) is 6.61 Å². The third kappa shape index (κ3) is 7.10. The van der Waals surface area contributed by atoms with Crippen molar-refractivity contribution >= 4 is 23.1 Å². The van der Waals surface area contributed by atoms with E-state index in [2.05, 4.69) is 35.2 Å². The molecule has 0 spiro atoms. The second-order valence-electron chi connectivity index (χ2n) is 8.73. The third-order valence-corrected chi connectivity index (χ3v) is 6.31. The smallest absolute Gasteiger partial charge is 0.341 e. The maximum Gasteiger partial charge on any atom is 0.341 e. The van der Waals surface area contributed by atoms with Crippen LogP contribution in [-0.2, 0) is 11.3 Å². The first-order valence-electron chi connectivity index (χ1n) is 11.8. The Hall–Kier alpha value is -3.28. The molecule has 0 unspecified atom stereocenters.